The highest BCUT2D eigenvalue weighted by atomic mass is 35.5. The number of benzene rings is 3. The number of rotatable bonds is 7. The minimum absolute atomic E-state index is 0.0272. The molecule has 10 heteroatoms. The van der Waals surface area contributed by atoms with Gasteiger partial charge in [0, 0.05) is 36.9 Å². The van der Waals surface area contributed by atoms with Gasteiger partial charge in [0.2, 0.25) is 5.91 Å². The van der Waals surface area contributed by atoms with Gasteiger partial charge in [-0.1, -0.05) is 23.7 Å². The van der Waals surface area contributed by atoms with E-state index in [-0.39, 0.29) is 28.1 Å². The number of aryl methyl sites for hydroxylation is 2. The lowest BCUT2D eigenvalue weighted by molar-refractivity contribution is -0.129. The highest BCUT2D eigenvalue weighted by Gasteiger charge is 2.32. The Morgan fingerprint density at radius 3 is 2.30 bits per heavy atom. The van der Waals surface area contributed by atoms with Crippen LogP contribution >= 0.6 is 11.6 Å². The molecule has 0 radical (unpaired) electrons. The minimum atomic E-state index is -4.18. The molecule has 0 spiro atoms. The van der Waals surface area contributed by atoms with Crippen molar-refractivity contribution in [2.75, 3.05) is 49.0 Å². The maximum Gasteiger partial charge on any atom is 0.268 e. The second-order valence-electron chi connectivity index (χ2n) is 8.94. The summed E-state index contributed by atoms with van der Waals surface area (Å²) in [5, 5.41) is 0.397. The van der Waals surface area contributed by atoms with Gasteiger partial charge < -0.3 is 14.5 Å². The Morgan fingerprint density at radius 2 is 1.68 bits per heavy atom. The Kier molecular flexibility index (Phi) is 7.94. The molecule has 0 bridgehead atoms. The molecule has 1 aliphatic rings. The van der Waals surface area contributed by atoms with Gasteiger partial charge in [0.15, 0.2) is 0 Å². The fraction of sp³-hybridized carbons (Fsp3) is 0.296. The average Bonchev–Trinajstić information content (AvgIpc) is 2.89. The van der Waals surface area contributed by atoms with Gasteiger partial charge in [-0.05, 0) is 73.5 Å². The molecule has 4 rings (SSSR count). The average molecular weight is 546 g/mol. The van der Waals surface area contributed by atoms with Crippen molar-refractivity contribution in [2.24, 2.45) is 0 Å². The Labute approximate surface area is 222 Å². The maximum atomic E-state index is 13.9. The van der Waals surface area contributed by atoms with E-state index in [4.69, 9.17) is 16.3 Å². The van der Waals surface area contributed by atoms with Crippen molar-refractivity contribution >= 4 is 38.9 Å². The van der Waals surface area contributed by atoms with Gasteiger partial charge in [-0.25, -0.2) is 12.8 Å². The summed E-state index contributed by atoms with van der Waals surface area (Å²) in [6.45, 7) is 5.13. The quantitative estimate of drug-likeness (QED) is 0.432. The summed E-state index contributed by atoms with van der Waals surface area (Å²) in [5.41, 5.74) is 2.69. The summed E-state index contributed by atoms with van der Waals surface area (Å²) < 4.78 is 47.6. The molecule has 3 aromatic carbocycles. The van der Waals surface area contributed by atoms with Gasteiger partial charge >= 0.3 is 0 Å². The number of carbonyl (C=O) groups excluding carboxylic acids is 1. The first-order valence-corrected chi connectivity index (χ1v) is 13.6. The van der Waals surface area contributed by atoms with Crippen LogP contribution in [0.4, 0.5) is 15.8 Å². The maximum absolute atomic E-state index is 13.9. The van der Waals surface area contributed by atoms with Crippen LogP contribution in [0.1, 0.15) is 11.1 Å². The number of anilines is 2. The van der Waals surface area contributed by atoms with Gasteiger partial charge in [-0.2, -0.15) is 0 Å². The van der Waals surface area contributed by atoms with Crippen molar-refractivity contribution in [3.05, 3.63) is 82.6 Å². The van der Waals surface area contributed by atoms with Crippen LogP contribution in [0.5, 0.6) is 5.75 Å². The van der Waals surface area contributed by atoms with Crippen LogP contribution in [0.3, 0.4) is 0 Å². The Balaban J connectivity index is 1.60. The van der Waals surface area contributed by atoms with E-state index in [2.05, 4.69) is 4.90 Å². The summed E-state index contributed by atoms with van der Waals surface area (Å²) in [6.07, 6.45) is 0. The summed E-state index contributed by atoms with van der Waals surface area (Å²) >= 11 is 6.34. The molecule has 3 aromatic rings. The molecule has 0 N–H and O–H groups in total. The van der Waals surface area contributed by atoms with E-state index in [1.807, 2.05) is 6.92 Å². The van der Waals surface area contributed by atoms with Crippen molar-refractivity contribution in [2.45, 2.75) is 18.7 Å². The SMILES string of the molecule is COc1ccc(C)cc1S(=O)(=O)N(CC(=O)N1CCN(c2ccc(F)cc2)CC1)c1ccc(C)c(Cl)c1. The molecule has 1 heterocycles. The minimum Gasteiger partial charge on any atom is -0.495 e. The molecular formula is C27H29ClFN3O4S. The fourth-order valence-electron chi connectivity index (χ4n) is 4.24. The molecule has 1 saturated heterocycles. The summed E-state index contributed by atoms with van der Waals surface area (Å²) in [5.74, 6) is -0.444. The third-order valence-electron chi connectivity index (χ3n) is 6.43. The second-order valence-corrected chi connectivity index (χ2v) is 11.2. The monoisotopic (exact) mass is 545 g/mol. The van der Waals surface area contributed by atoms with Gasteiger partial charge in [-0.3, -0.25) is 9.10 Å². The third-order valence-corrected chi connectivity index (χ3v) is 8.64. The van der Waals surface area contributed by atoms with E-state index in [1.54, 1.807) is 54.3 Å². The Bertz CT molecular complexity index is 1390. The van der Waals surface area contributed by atoms with E-state index >= 15 is 0 Å². The first kappa shape index (κ1) is 26.8. The third kappa shape index (κ3) is 5.83. The Hall–Kier alpha value is -3.30. The lowest BCUT2D eigenvalue weighted by atomic mass is 10.2. The number of hydrogen-bond donors (Lipinski definition) is 0. The first-order chi connectivity index (χ1) is 17.6. The van der Waals surface area contributed by atoms with Gasteiger partial charge in [-0.15, -0.1) is 0 Å². The molecule has 7 nitrogen and oxygen atoms in total. The highest BCUT2D eigenvalue weighted by molar-refractivity contribution is 7.93. The highest BCUT2D eigenvalue weighted by Crippen LogP contribution is 2.33. The molecule has 0 aliphatic carbocycles. The second kappa shape index (κ2) is 11.0. The van der Waals surface area contributed by atoms with Crippen molar-refractivity contribution in [1.29, 1.82) is 0 Å². The Morgan fingerprint density at radius 1 is 1.00 bits per heavy atom. The summed E-state index contributed by atoms with van der Waals surface area (Å²) in [4.78, 5) is 17.1. The van der Waals surface area contributed by atoms with Crippen LogP contribution < -0.4 is 13.9 Å². The van der Waals surface area contributed by atoms with Crippen LogP contribution in [0, 0.1) is 19.7 Å². The normalized spacial score (nSPS) is 14.0. The number of piperazine rings is 1. The number of nitrogens with zero attached hydrogens (tertiary/aromatic N) is 3. The zero-order valence-corrected chi connectivity index (χ0v) is 22.5. The zero-order chi connectivity index (χ0) is 26.7. The molecule has 1 aliphatic heterocycles. The van der Waals surface area contributed by atoms with Crippen LogP contribution in [0.15, 0.2) is 65.6 Å². The predicted molar refractivity (Wildman–Crippen MR) is 144 cm³/mol. The van der Waals surface area contributed by atoms with E-state index in [0.29, 0.717) is 31.2 Å². The van der Waals surface area contributed by atoms with E-state index in [1.165, 1.54) is 25.3 Å². The smallest absolute Gasteiger partial charge is 0.268 e. The molecule has 1 fully saturated rings. The molecular weight excluding hydrogens is 517 g/mol. The van der Waals surface area contributed by atoms with Crippen LogP contribution in [-0.2, 0) is 14.8 Å². The topological polar surface area (TPSA) is 70.2 Å². The van der Waals surface area contributed by atoms with Gasteiger partial charge in [0.05, 0.1) is 12.8 Å². The number of amides is 1. The molecule has 1 amide bonds. The van der Waals surface area contributed by atoms with E-state index < -0.39 is 16.6 Å². The van der Waals surface area contributed by atoms with Crippen LogP contribution in [0.25, 0.3) is 0 Å². The molecule has 0 saturated carbocycles. The number of ether oxygens (including phenoxy) is 1. The summed E-state index contributed by atoms with van der Waals surface area (Å²) in [6, 6.07) is 16.0. The fourth-order valence-corrected chi connectivity index (χ4v) is 6.07. The number of hydrogen-bond acceptors (Lipinski definition) is 5. The summed E-state index contributed by atoms with van der Waals surface area (Å²) in [7, 11) is -2.78. The molecule has 0 aromatic heterocycles. The zero-order valence-electron chi connectivity index (χ0n) is 20.9. The van der Waals surface area contributed by atoms with Crippen molar-refractivity contribution in [3.63, 3.8) is 0 Å². The van der Waals surface area contributed by atoms with Crippen molar-refractivity contribution < 1.29 is 22.3 Å². The van der Waals surface area contributed by atoms with Crippen molar-refractivity contribution in [1.82, 2.24) is 4.90 Å². The lowest BCUT2D eigenvalue weighted by Gasteiger charge is -2.37. The number of methoxy groups -OCH3 is 1. The number of sulfonamides is 1. The molecule has 0 unspecified atom stereocenters. The molecule has 37 heavy (non-hydrogen) atoms. The molecule has 196 valence electrons. The standard InChI is InChI=1S/C27H29ClFN3O4S/c1-19-4-11-25(36-3)26(16-19)37(34,35)32(23-8-5-20(2)24(28)17-23)18-27(33)31-14-12-30(13-15-31)22-9-6-21(29)7-10-22/h4-11,16-17H,12-15,18H2,1-3H3. The number of carbonyl (C=O) groups is 1. The van der Waals surface area contributed by atoms with Crippen molar-refractivity contribution in [3.8, 4) is 5.75 Å². The number of halogens is 2. The molecule has 0 atom stereocenters. The van der Waals surface area contributed by atoms with Crippen LogP contribution in [-0.4, -0.2) is 59.1 Å². The lowest BCUT2D eigenvalue weighted by Crippen LogP contribution is -2.52. The first-order valence-electron chi connectivity index (χ1n) is 11.8. The van der Waals surface area contributed by atoms with Crippen LogP contribution in [0.2, 0.25) is 5.02 Å². The van der Waals surface area contributed by atoms with Gasteiger partial charge in [0.1, 0.15) is 23.0 Å². The van der Waals surface area contributed by atoms with E-state index in [0.717, 1.165) is 21.1 Å². The predicted octanol–water partition coefficient (Wildman–Crippen LogP) is 4.65. The van der Waals surface area contributed by atoms with E-state index in [9.17, 15) is 17.6 Å². The van der Waals surface area contributed by atoms with Gasteiger partial charge in [0.25, 0.3) is 10.0 Å². The largest absolute Gasteiger partial charge is 0.495 e.